The summed E-state index contributed by atoms with van der Waals surface area (Å²) in [5.74, 6) is 0. The third-order valence-corrected chi connectivity index (χ3v) is 14.5. The average molecular weight is 882 g/mol. The van der Waals surface area contributed by atoms with Crippen LogP contribution in [0.4, 0.5) is 17.1 Å². The van der Waals surface area contributed by atoms with Gasteiger partial charge in [-0.25, -0.2) is 0 Å². The van der Waals surface area contributed by atoms with Gasteiger partial charge in [0.25, 0.3) is 0 Å². The van der Waals surface area contributed by atoms with E-state index in [0.29, 0.717) is 0 Å². The highest BCUT2D eigenvalue weighted by molar-refractivity contribution is 6.12. The number of nitrogens with zero attached hydrogens (tertiary/aromatic N) is 3. The fraction of sp³-hybridized carbons (Fsp3) is 0.0303. The lowest BCUT2D eigenvalue weighted by Crippen LogP contribution is -2.29. The Morgan fingerprint density at radius 3 is 1.57 bits per heavy atom. The molecule has 3 heteroatoms. The fourth-order valence-electron chi connectivity index (χ4n) is 11.7. The largest absolute Gasteiger partial charge is 0.310 e. The van der Waals surface area contributed by atoms with E-state index in [1.165, 1.54) is 82.4 Å². The second-order valence-electron chi connectivity index (χ2n) is 18.0. The molecule has 1 aliphatic carbocycles. The topological polar surface area (TPSA) is 13.1 Å². The maximum atomic E-state index is 4.48. The number of anilines is 3. The number of rotatable bonds is 9. The Hall–Kier alpha value is -8.92. The van der Waals surface area contributed by atoms with Crippen LogP contribution in [0.2, 0.25) is 0 Å². The molecule has 0 spiro atoms. The van der Waals surface area contributed by atoms with Gasteiger partial charge in [0, 0.05) is 49.4 Å². The first-order valence-corrected chi connectivity index (χ1v) is 23.8. The molecule has 69 heavy (non-hydrogen) atoms. The molecule has 2 aromatic heterocycles. The first kappa shape index (κ1) is 40.4. The SMILES string of the molecule is C=CC1=C(/C=C\C)c2ccccc2C1(c1ccccc1)c1ccc(N(c2cccc(-n3c4ccccc4c4ccccc43)c2)c2ccc(-n3c4ccccc4c4ccccc43)c3ccccc23)cc1. The predicted molar refractivity (Wildman–Crippen MR) is 292 cm³/mol. The van der Waals surface area contributed by atoms with Gasteiger partial charge < -0.3 is 14.0 Å². The smallest absolute Gasteiger partial charge is 0.0713 e. The van der Waals surface area contributed by atoms with E-state index in [0.717, 1.165) is 33.8 Å². The van der Waals surface area contributed by atoms with Gasteiger partial charge >= 0.3 is 0 Å². The summed E-state index contributed by atoms with van der Waals surface area (Å²) in [6.07, 6.45) is 6.46. The van der Waals surface area contributed by atoms with Gasteiger partial charge in [-0.2, -0.15) is 0 Å². The average Bonchev–Trinajstić information content (AvgIpc) is 4.04. The Morgan fingerprint density at radius 2 is 0.957 bits per heavy atom. The van der Waals surface area contributed by atoms with Gasteiger partial charge in [0.15, 0.2) is 0 Å². The van der Waals surface area contributed by atoms with Crippen LogP contribution in [0.1, 0.15) is 29.2 Å². The van der Waals surface area contributed by atoms with Crippen molar-refractivity contribution in [2.75, 3.05) is 4.90 Å². The third-order valence-electron chi connectivity index (χ3n) is 14.5. The Morgan fingerprint density at radius 1 is 0.435 bits per heavy atom. The third kappa shape index (κ3) is 6.00. The van der Waals surface area contributed by atoms with Crippen molar-refractivity contribution in [2.45, 2.75) is 12.3 Å². The first-order chi connectivity index (χ1) is 34.2. The molecule has 10 aromatic carbocycles. The summed E-state index contributed by atoms with van der Waals surface area (Å²) in [5.41, 5.74) is 16.9. The molecule has 0 radical (unpaired) electrons. The monoisotopic (exact) mass is 881 g/mol. The van der Waals surface area contributed by atoms with E-state index in [9.17, 15) is 0 Å². The van der Waals surface area contributed by atoms with Gasteiger partial charge in [-0.3, -0.25) is 0 Å². The second-order valence-corrected chi connectivity index (χ2v) is 18.0. The minimum atomic E-state index is -0.578. The molecule has 1 aliphatic rings. The van der Waals surface area contributed by atoms with Crippen LogP contribution in [-0.4, -0.2) is 9.13 Å². The molecule has 0 fully saturated rings. The minimum Gasteiger partial charge on any atom is -0.310 e. The molecule has 326 valence electrons. The number of hydrogen-bond acceptors (Lipinski definition) is 1. The maximum Gasteiger partial charge on any atom is 0.0713 e. The van der Waals surface area contributed by atoms with Crippen LogP contribution in [0, 0.1) is 0 Å². The quantitative estimate of drug-likeness (QED) is 0.141. The summed E-state index contributed by atoms with van der Waals surface area (Å²) < 4.78 is 4.85. The Bertz CT molecular complexity index is 3940. The van der Waals surface area contributed by atoms with Crippen LogP contribution in [0.25, 0.3) is 71.3 Å². The van der Waals surface area contributed by atoms with Gasteiger partial charge in [0.05, 0.1) is 38.9 Å². The van der Waals surface area contributed by atoms with E-state index >= 15 is 0 Å². The second kappa shape index (κ2) is 16.2. The highest BCUT2D eigenvalue weighted by Gasteiger charge is 2.46. The number of aromatic nitrogens is 2. The van der Waals surface area contributed by atoms with Crippen LogP contribution in [-0.2, 0) is 5.41 Å². The highest BCUT2D eigenvalue weighted by Crippen LogP contribution is 2.56. The summed E-state index contributed by atoms with van der Waals surface area (Å²) in [4.78, 5) is 2.45. The summed E-state index contributed by atoms with van der Waals surface area (Å²) in [5, 5.41) is 7.30. The standard InChI is InChI=1S/C66H47N3/c1-3-21-50-51-26-10-15-33-59(51)66(58(50)4-2,45-22-6-5-7-23-45)46-38-40-47(41-39-46)67(48-24-20-25-49(44-48)68-60-34-16-11-29-52(60)53-30-12-17-35-61(53)68)64-42-43-65(57-28-9-8-27-56(57)64)69-62-36-18-13-31-54(62)55-32-14-19-37-63(55)69/h3-44H,2H2,1H3/b21-3-. The van der Waals surface area contributed by atoms with Gasteiger partial charge in [0.2, 0.25) is 0 Å². The Balaban J connectivity index is 1.06. The zero-order valence-electron chi connectivity index (χ0n) is 38.3. The number of allylic oxidation sites excluding steroid dienone is 5. The van der Waals surface area contributed by atoms with Crippen LogP contribution >= 0.6 is 0 Å². The molecule has 0 aliphatic heterocycles. The predicted octanol–water partition coefficient (Wildman–Crippen LogP) is 17.4. The molecule has 0 saturated carbocycles. The number of benzene rings is 10. The first-order valence-electron chi connectivity index (χ1n) is 23.8. The lowest BCUT2D eigenvalue weighted by Gasteiger charge is -2.35. The molecular weight excluding hydrogens is 835 g/mol. The Kier molecular flexibility index (Phi) is 9.45. The van der Waals surface area contributed by atoms with Crippen LogP contribution in [0.15, 0.2) is 267 Å². The summed E-state index contributed by atoms with van der Waals surface area (Å²) in [7, 11) is 0. The number of hydrogen-bond donors (Lipinski definition) is 0. The molecule has 1 atom stereocenters. The highest BCUT2D eigenvalue weighted by atomic mass is 15.1. The van der Waals surface area contributed by atoms with Crippen molar-refractivity contribution in [1.29, 1.82) is 0 Å². The van der Waals surface area contributed by atoms with Gasteiger partial charge in [-0.1, -0.05) is 195 Å². The number of para-hydroxylation sites is 4. The van der Waals surface area contributed by atoms with E-state index in [1.807, 2.05) is 0 Å². The molecule has 2 heterocycles. The molecule has 0 amide bonds. The van der Waals surface area contributed by atoms with Gasteiger partial charge in [0.1, 0.15) is 0 Å². The molecule has 0 N–H and O–H groups in total. The van der Waals surface area contributed by atoms with Crippen molar-refractivity contribution in [3.05, 3.63) is 289 Å². The molecule has 0 saturated heterocycles. The summed E-state index contributed by atoms with van der Waals surface area (Å²) in [6, 6.07) is 86.7. The molecular formula is C66H47N3. The normalized spacial score (nSPS) is 14.7. The van der Waals surface area contributed by atoms with E-state index in [1.54, 1.807) is 0 Å². The van der Waals surface area contributed by atoms with Crippen molar-refractivity contribution in [2.24, 2.45) is 0 Å². The van der Waals surface area contributed by atoms with E-state index in [-0.39, 0.29) is 0 Å². The maximum absolute atomic E-state index is 4.48. The van der Waals surface area contributed by atoms with Crippen molar-refractivity contribution < 1.29 is 0 Å². The zero-order chi connectivity index (χ0) is 46.1. The molecule has 13 rings (SSSR count). The van der Waals surface area contributed by atoms with Gasteiger partial charge in [-0.05, 0) is 107 Å². The molecule has 3 nitrogen and oxygen atoms in total. The molecule has 0 bridgehead atoms. The lowest BCUT2D eigenvalue weighted by atomic mass is 9.67. The van der Waals surface area contributed by atoms with Crippen molar-refractivity contribution in [3.63, 3.8) is 0 Å². The lowest BCUT2D eigenvalue weighted by molar-refractivity contribution is 0.762. The minimum absolute atomic E-state index is 0.578. The van der Waals surface area contributed by atoms with Gasteiger partial charge in [-0.15, -0.1) is 0 Å². The summed E-state index contributed by atoms with van der Waals surface area (Å²) >= 11 is 0. The van der Waals surface area contributed by atoms with E-state index < -0.39 is 5.41 Å². The number of fused-ring (bicyclic) bond motifs is 8. The van der Waals surface area contributed by atoms with Crippen molar-refractivity contribution >= 4 is 77.0 Å². The van der Waals surface area contributed by atoms with Crippen LogP contribution < -0.4 is 4.90 Å². The van der Waals surface area contributed by atoms with E-state index in [2.05, 4.69) is 282 Å². The molecule has 12 aromatic rings. The zero-order valence-corrected chi connectivity index (χ0v) is 38.3. The fourth-order valence-corrected chi connectivity index (χ4v) is 11.7. The van der Waals surface area contributed by atoms with Crippen molar-refractivity contribution in [1.82, 2.24) is 9.13 Å². The van der Waals surface area contributed by atoms with Crippen molar-refractivity contribution in [3.8, 4) is 11.4 Å². The Labute approximate surface area is 402 Å². The summed E-state index contributed by atoms with van der Waals surface area (Å²) in [6.45, 7) is 6.58. The molecule has 1 unspecified atom stereocenters. The van der Waals surface area contributed by atoms with Crippen LogP contribution in [0.5, 0.6) is 0 Å². The van der Waals surface area contributed by atoms with Crippen LogP contribution in [0.3, 0.4) is 0 Å². The van der Waals surface area contributed by atoms with E-state index in [4.69, 9.17) is 0 Å².